The Balaban J connectivity index is 2.54. The minimum Gasteiger partial charge on any atom is -0.497 e. The lowest BCUT2D eigenvalue weighted by atomic mass is 9.97. The molecule has 92 valence electrons. The third-order valence-electron chi connectivity index (χ3n) is 2.63. The van der Waals surface area contributed by atoms with Crippen LogP contribution in [0.15, 0.2) is 36.4 Å². The van der Waals surface area contributed by atoms with Crippen molar-refractivity contribution in [3.8, 4) is 5.75 Å². The second-order valence-corrected chi connectivity index (χ2v) is 3.84. The number of rotatable bonds is 5. The summed E-state index contributed by atoms with van der Waals surface area (Å²) in [7, 11) is 3.02. The number of hydrogen-bond donors (Lipinski definition) is 0. The van der Waals surface area contributed by atoms with Gasteiger partial charge in [-0.15, -0.1) is 0 Å². The maximum absolute atomic E-state index is 10.9. The molecule has 0 heterocycles. The van der Waals surface area contributed by atoms with Crippen molar-refractivity contribution in [2.75, 3.05) is 14.2 Å². The zero-order valence-corrected chi connectivity index (χ0v) is 10.5. The van der Waals surface area contributed by atoms with Crippen molar-refractivity contribution >= 4 is 5.97 Å². The van der Waals surface area contributed by atoms with Gasteiger partial charge in [-0.25, -0.2) is 4.79 Å². The Morgan fingerprint density at radius 1 is 1.29 bits per heavy atom. The molecule has 1 aromatic rings. The third-order valence-corrected chi connectivity index (χ3v) is 2.63. The van der Waals surface area contributed by atoms with E-state index in [1.165, 1.54) is 18.7 Å². The van der Waals surface area contributed by atoms with E-state index in [1.54, 1.807) is 7.11 Å². The lowest BCUT2D eigenvalue weighted by Crippen LogP contribution is -1.95. The maximum Gasteiger partial charge on any atom is 0.330 e. The van der Waals surface area contributed by atoms with E-state index in [9.17, 15) is 4.79 Å². The molecule has 0 fully saturated rings. The number of methoxy groups -OCH3 is 2. The SMILES string of the molecule is COC(=O)C=CCC(C)c1ccc(OC)cc1. The predicted octanol–water partition coefficient (Wildman–Crippen LogP) is 2.92. The molecule has 0 amide bonds. The van der Waals surface area contributed by atoms with Gasteiger partial charge in [0.05, 0.1) is 14.2 Å². The van der Waals surface area contributed by atoms with Gasteiger partial charge in [-0.05, 0) is 30.0 Å². The Labute approximate surface area is 102 Å². The molecule has 1 aromatic carbocycles. The Bertz CT molecular complexity index is 379. The zero-order chi connectivity index (χ0) is 12.7. The first-order chi connectivity index (χ1) is 8.17. The van der Waals surface area contributed by atoms with Crippen molar-refractivity contribution in [3.05, 3.63) is 42.0 Å². The highest BCUT2D eigenvalue weighted by atomic mass is 16.5. The van der Waals surface area contributed by atoms with Crippen LogP contribution in [0.1, 0.15) is 24.8 Å². The fourth-order valence-electron chi connectivity index (χ4n) is 1.50. The summed E-state index contributed by atoms with van der Waals surface area (Å²) in [6, 6.07) is 7.96. The Morgan fingerprint density at radius 3 is 2.47 bits per heavy atom. The summed E-state index contributed by atoms with van der Waals surface area (Å²) < 4.78 is 9.63. The third kappa shape index (κ3) is 4.31. The van der Waals surface area contributed by atoms with Crippen LogP contribution in [-0.4, -0.2) is 20.2 Å². The molecule has 0 radical (unpaired) electrons. The van der Waals surface area contributed by atoms with Gasteiger partial charge in [-0.3, -0.25) is 0 Å². The van der Waals surface area contributed by atoms with Crippen molar-refractivity contribution in [2.24, 2.45) is 0 Å². The highest BCUT2D eigenvalue weighted by Gasteiger charge is 2.03. The molecule has 1 rings (SSSR count). The van der Waals surface area contributed by atoms with Gasteiger partial charge in [0, 0.05) is 6.08 Å². The van der Waals surface area contributed by atoms with Crippen molar-refractivity contribution in [3.63, 3.8) is 0 Å². The highest BCUT2D eigenvalue weighted by molar-refractivity contribution is 5.81. The Morgan fingerprint density at radius 2 is 1.94 bits per heavy atom. The number of carbonyl (C=O) groups is 1. The first kappa shape index (κ1) is 13.3. The summed E-state index contributed by atoms with van der Waals surface area (Å²) in [5.41, 5.74) is 1.22. The van der Waals surface area contributed by atoms with E-state index < -0.39 is 0 Å². The number of hydrogen-bond acceptors (Lipinski definition) is 3. The molecule has 0 aromatic heterocycles. The molecule has 1 unspecified atom stereocenters. The topological polar surface area (TPSA) is 35.5 Å². The van der Waals surface area contributed by atoms with Gasteiger partial charge < -0.3 is 9.47 Å². The van der Waals surface area contributed by atoms with Crippen LogP contribution in [0.4, 0.5) is 0 Å². The molecule has 0 saturated heterocycles. The standard InChI is InChI=1S/C14H18O3/c1-11(5-4-6-14(15)17-3)12-7-9-13(16-2)10-8-12/h4,6-11H,5H2,1-3H3. The van der Waals surface area contributed by atoms with Gasteiger partial charge in [0.1, 0.15) is 5.75 Å². The number of ether oxygens (including phenoxy) is 2. The first-order valence-corrected chi connectivity index (χ1v) is 5.55. The molecule has 0 bridgehead atoms. The fraction of sp³-hybridized carbons (Fsp3) is 0.357. The summed E-state index contributed by atoms with van der Waals surface area (Å²) in [5.74, 6) is 0.903. The maximum atomic E-state index is 10.9. The first-order valence-electron chi connectivity index (χ1n) is 5.55. The van der Waals surface area contributed by atoms with Gasteiger partial charge in [0.25, 0.3) is 0 Å². The molecule has 0 saturated carbocycles. The molecular formula is C14H18O3. The average molecular weight is 234 g/mol. The van der Waals surface area contributed by atoms with Gasteiger partial charge in [0.15, 0.2) is 0 Å². The minimum atomic E-state index is -0.313. The number of benzene rings is 1. The molecule has 0 spiro atoms. The molecule has 0 aliphatic carbocycles. The van der Waals surface area contributed by atoms with E-state index in [0.29, 0.717) is 5.92 Å². The number of allylic oxidation sites excluding steroid dienone is 1. The van der Waals surface area contributed by atoms with E-state index in [1.807, 2.05) is 30.3 Å². The van der Waals surface area contributed by atoms with Crippen LogP contribution in [0.3, 0.4) is 0 Å². The molecule has 0 aliphatic rings. The van der Waals surface area contributed by atoms with Crippen LogP contribution in [0.5, 0.6) is 5.75 Å². The lowest BCUT2D eigenvalue weighted by Gasteiger charge is -2.09. The highest BCUT2D eigenvalue weighted by Crippen LogP contribution is 2.21. The number of esters is 1. The van der Waals surface area contributed by atoms with E-state index in [0.717, 1.165) is 12.2 Å². The molecule has 0 aliphatic heterocycles. The van der Waals surface area contributed by atoms with E-state index in [2.05, 4.69) is 11.7 Å². The molecule has 3 nitrogen and oxygen atoms in total. The van der Waals surface area contributed by atoms with Crippen molar-refractivity contribution < 1.29 is 14.3 Å². The van der Waals surface area contributed by atoms with Crippen LogP contribution < -0.4 is 4.74 Å². The molecule has 17 heavy (non-hydrogen) atoms. The smallest absolute Gasteiger partial charge is 0.330 e. The van der Waals surface area contributed by atoms with Gasteiger partial charge in [0.2, 0.25) is 0 Å². The van der Waals surface area contributed by atoms with Crippen LogP contribution in [0.25, 0.3) is 0 Å². The Hall–Kier alpha value is -1.77. The quantitative estimate of drug-likeness (QED) is 0.580. The fourth-order valence-corrected chi connectivity index (χ4v) is 1.50. The molecular weight excluding hydrogens is 216 g/mol. The van der Waals surface area contributed by atoms with Crippen molar-refractivity contribution in [2.45, 2.75) is 19.3 Å². The van der Waals surface area contributed by atoms with Crippen molar-refractivity contribution in [1.82, 2.24) is 0 Å². The van der Waals surface area contributed by atoms with Gasteiger partial charge in [-0.1, -0.05) is 25.1 Å². The summed E-state index contributed by atoms with van der Waals surface area (Å²) in [6.45, 7) is 2.11. The number of carbonyl (C=O) groups excluding carboxylic acids is 1. The summed E-state index contributed by atoms with van der Waals surface area (Å²) in [4.78, 5) is 10.9. The predicted molar refractivity (Wildman–Crippen MR) is 67.2 cm³/mol. The minimum absolute atomic E-state index is 0.313. The van der Waals surface area contributed by atoms with Crippen LogP contribution in [0.2, 0.25) is 0 Å². The lowest BCUT2D eigenvalue weighted by molar-refractivity contribution is -0.134. The average Bonchev–Trinajstić information content (AvgIpc) is 2.38. The van der Waals surface area contributed by atoms with E-state index >= 15 is 0 Å². The zero-order valence-electron chi connectivity index (χ0n) is 10.5. The van der Waals surface area contributed by atoms with E-state index in [-0.39, 0.29) is 5.97 Å². The van der Waals surface area contributed by atoms with Crippen molar-refractivity contribution in [1.29, 1.82) is 0 Å². The van der Waals surface area contributed by atoms with Crippen LogP contribution in [0, 0.1) is 0 Å². The largest absolute Gasteiger partial charge is 0.497 e. The second kappa shape index (κ2) is 6.74. The van der Waals surface area contributed by atoms with Gasteiger partial charge in [-0.2, -0.15) is 0 Å². The van der Waals surface area contributed by atoms with Crippen LogP contribution in [-0.2, 0) is 9.53 Å². The van der Waals surface area contributed by atoms with Gasteiger partial charge >= 0.3 is 5.97 Å². The summed E-state index contributed by atoms with van der Waals surface area (Å²) in [5, 5.41) is 0. The Kier molecular flexibility index (Phi) is 5.27. The van der Waals surface area contributed by atoms with E-state index in [4.69, 9.17) is 4.74 Å². The summed E-state index contributed by atoms with van der Waals surface area (Å²) in [6.07, 6.45) is 4.10. The molecule has 0 N–H and O–H groups in total. The van der Waals surface area contributed by atoms with Crippen LogP contribution >= 0.6 is 0 Å². The second-order valence-electron chi connectivity index (χ2n) is 3.84. The summed E-state index contributed by atoms with van der Waals surface area (Å²) >= 11 is 0. The molecule has 1 atom stereocenters. The molecule has 3 heteroatoms. The monoisotopic (exact) mass is 234 g/mol. The normalized spacial score (nSPS) is 12.4.